The number of aromatic hydroxyl groups is 2. The molecule has 0 unspecified atom stereocenters. The lowest BCUT2D eigenvalue weighted by atomic mass is 9.90. The van der Waals surface area contributed by atoms with Crippen LogP contribution in [0.4, 0.5) is 0 Å². The maximum atomic E-state index is 10.7. The molecule has 0 aliphatic rings. The van der Waals surface area contributed by atoms with Crippen LogP contribution in [0.25, 0.3) is 11.1 Å². The van der Waals surface area contributed by atoms with Crippen molar-refractivity contribution in [3.8, 4) is 22.6 Å². The fraction of sp³-hybridized carbons (Fsp3) is 0.500. The number of rotatable bonds is 12. The van der Waals surface area contributed by atoms with E-state index in [1.165, 1.54) is 50.7 Å². The summed E-state index contributed by atoms with van der Waals surface area (Å²) < 4.78 is 0. The molecule has 4 heteroatoms. The Morgan fingerprint density at radius 1 is 0.679 bits per heavy atom. The first-order valence-electron chi connectivity index (χ1n) is 10.5. The first-order chi connectivity index (χ1) is 13.5. The Morgan fingerprint density at radius 3 is 1.89 bits per heavy atom. The van der Waals surface area contributed by atoms with Gasteiger partial charge in [-0.25, -0.2) is 0 Å². The van der Waals surface area contributed by atoms with Crippen molar-refractivity contribution in [3.63, 3.8) is 0 Å². The summed E-state index contributed by atoms with van der Waals surface area (Å²) in [7, 11) is 0. The van der Waals surface area contributed by atoms with Gasteiger partial charge in [-0.15, -0.1) is 0 Å². The molecule has 0 amide bonds. The van der Waals surface area contributed by atoms with Crippen LogP contribution in [-0.4, -0.2) is 20.4 Å². The third-order valence-electron chi connectivity index (χ3n) is 5.28. The maximum absolute atomic E-state index is 10.7. The lowest BCUT2D eigenvalue weighted by molar-refractivity contribution is -0.175. The van der Waals surface area contributed by atoms with Gasteiger partial charge in [0.25, 0.3) is 0 Å². The van der Waals surface area contributed by atoms with Crippen LogP contribution < -0.4 is 0 Å². The van der Waals surface area contributed by atoms with Gasteiger partial charge in [-0.05, 0) is 18.6 Å². The maximum Gasteiger partial charge on any atom is 0.190 e. The van der Waals surface area contributed by atoms with E-state index in [-0.39, 0.29) is 29.0 Å². The summed E-state index contributed by atoms with van der Waals surface area (Å²) in [5, 5.41) is 41.9. The fourth-order valence-corrected chi connectivity index (χ4v) is 3.66. The lowest BCUT2D eigenvalue weighted by Crippen LogP contribution is -2.25. The van der Waals surface area contributed by atoms with Gasteiger partial charge in [0.2, 0.25) is 0 Å². The van der Waals surface area contributed by atoms with Crippen LogP contribution in [0, 0.1) is 0 Å². The van der Waals surface area contributed by atoms with Crippen LogP contribution in [0.5, 0.6) is 11.5 Å². The predicted molar refractivity (Wildman–Crippen MR) is 113 cm³/mol. The molecule has 2 rings (SSSR count). The number of benzene rings is 2. The molecule has 0 aromatic heterocycles. The van der Waals surface area contributed by atoms with Gasteiger partial charge in [-0.2, -0.15) is 0 Å². The zero-order chi connectivity index (χ0) is 20.4. The molecule has 0 saturated heterocycles. The minimum absolute atomic E-state index is 0.0101. The van der Waals surface area contributed by atoms with E-state index in [2.05, 4.69) is 6.92 Å². The van der Waals surface area contributed by atoms with Gasteiger partial charge in [-0.1, -0.05) is 88.6 Å². The van der Waals surface area contributed by atoms with Crippen molar-refractivity contribution in [3.05, 3.63) is 48.0 Å². The molecule has 2 aromatic rings. The summed E-state index contributed by atoms with van der Waals surface area (Å²) in [6, 6.07) is 11.3. The van der Waals surface area contributed by atoms with E-state index < -0.39 is 5.79 Å². The molecular weight excluding hydrogens is 352 g/mol. The van der Waals surface area contributed by atoms with Crippen LogP contribution in [-0.2, 0) is 5.79 Å². The van der Waals surface area contributed by atoms with Gasteiger partial charge < -0.3 is 20.4 Å². The highest BCUT2D eigenvalue weighted by molar-refractivity contribution is 5.78. The number of hydrogen-bond donors (Lipinski definition) is 4. The van der Waals surface area contributed by atoms with Gasteiger partial charge >= 0.3 is 0 Å². The molecule has 0 aliphatic heterocycles. The first-order valence-corrected chi connectivity index (χ1v) is 10.5. The van der Waals surface area contributed by atoms with E-state index in [4.69, 9.17) is 0 Å². The van der Waals surface area contributed by atoms with Gasteiger partial charge in [0.1, 0.15) is 11.5 Å². The Morgan fingerprint density at radius 2 is 1.25 bits per heavy atom. The van der Waals surface area contributed by atoms with E-state index in [9.17, 15) is 20.4 Å². The molecule has 0 heterocycles. The van der Waals surface area contributed by atoms with Crippen molar-refractivity contribution >= 4 is 0 Å². The second-order valence-electron chi connectivity index (χ2n) is 7.61. The van der Waals surface area contributed by atoms with Crippen LogP contribution in [0.2, 0.25) is 0 Å². The molecule has 0 spiro atoms. The molecule has 0 saturated carbocycles. The van der Waals surface area contributed by atoms with Gasteiger partial charge in [0, 0.05) is 23.1 Å². The van der Waals surface area contributed by atoms with Crippen molar-refractivity contribution in [2.75, 3.05) is 0 Å². The Kier molecular flexibility index (Phi) is 8.81. The van der Waals surface area contributed by atoms with Crippen LogP contribution in [0.1, 0.15) is 76.7 Å². The zero-order valence-corrected chi connectivity index (χ0v) is 16.9. The molecule has 0 radical (unpaired) electrons. The van der Waals surface area contributed by atoms with E-state index in [0.29, 0.717) is 12.0 Å². The summed E-state index contributed by atoms with van der Waals surface area (Å²) in [5.41, 5.74) is 0.866. The molecule has 2 aromatic carbocycles. The van der Waals surface area contributed by atoms with Crippen LogP contribution in [0.15, 0.2) is 42.5 Å². The summed E-state index contributed by atoms with van der Waals surface area (Å²) in [6.07, 6.45) is 10.5. The molecule has 4 N–H and O–H groups in total. The summed E-state index contributed by atoms with van der Waals surface area (Å²) in [5.74, 6) is -2.15. The van der Waals surface area contributed by atoms with Crippen LogP contribution >= 0.6 is 0 Å². The summed E-state index contributed by atoms with van der Waals surface area (Å²) in [4.78, 5) is 0. The van der Waals surface area contributed by atoms with Crippen molar-refractivity contribution in [2.45, 2.75) is 76.9 Å². The normalized spacial score (nSPS) is 11.7. The average Bonchev–Trinajstić information content (AvgIpc) is 2.67. The molecule has 28 heavy (non-hydrogen) atoms. The third kappa shape index (κ3) is 6.25. The van der Waals surface area contributed by atoms with Crippen LogP contribution in [0.3, 0.4) is 0 Å². The van der Waals surface area contributed by atoms with Crippen molar-refractivity contribution < 1.29 is 20.4 Å². The monoisotopic (exact) mass is 386 g/mol. The zero-order valence-electron chi connectivity index (χ0n) is 16.9. The molecule has 0 atom stereocenters. The molecule has 0 aliphatic carbocycles. The summed E-state index contributed by atoms with van der Waals surface area (Å²) in [6.45, 7) is 2.22. The highest BCUT2D eigenvalue weighted by Crippen LogP contribution is 2.42. The van der Waals surface area contributed by atoms with E-state index in [1.54, 1.807) is 30.3 Å². The number of phenolic OH excluding ortho intramolecular Hbond substituents is 2. The number of hydrogen-bond acceptors (Lipinski definition) is 4. The highest BCUT2D eigenvalue weighted by atomic mass is 16.5. The van der Waals surface area contributed by atoms with Crippen molar-refractivity contribution in [1.82, 2.24) is 0 Å². The third-order valence-corrected chi connectivity index (χ3v) is 5.28. The van der Waals surface area contributed by atoms with Gasteiger partial charge in [0.15, 0.2) is 5.79 Å². The Hall–Kier alpha value is -2.04. The Bertz CT molecular complexity index is 724. The topological polar surface area (TPSA) is 80.9 Å². The van der Waals surface area contributed by atoms with E-state index in [0.717, 1.165) is 12.8 Å². The highest BCUT2D eigenvalue weighted by Gasteiger charge is 2.30. The number of unbranched alkanes of at least 4 members (excludes halogenated alkanes) is 8. The lowest BCUT2D eigenvalue weighted by Gasteiger charge is -2.26. The standard InChI is InChI=1S/C24H34O4/c1-2-3-4-5-6-7-8-9-12-18-24(27,28)20-15-13-17-22(26)23(20)19-14-10-11-16-21(19)25/h10-11,13-17,25-28H,2-9,12,18H2,1H3. The number of phenols is 2. The van der Waals surface area contributed by atoms with Gasteiger partial charge in [-0.3, -0.25) is 0 Å². The van der Waals surface area contributed by atoms with Gasteiger partial charge in [0.05, 0.1) is 0 Å². The molecule has 154 valence electrons. The quantitative estimate of drug-likeness (QED) is 0.273. The Labute approximate surface area is 168 Å². The van der Waals surface area contributed by atoms with E-state index >= 15 is 0 Å². The van der Waals surface area contributed by atoms with Crippen molar-refractivity contribution in [1.29, 1.82) is 0 Å². The smallest absolute Gasteiger partial charge is 0.190 e. The minimum atomic E-state index is -2.06. The predicted octanol–water partition coefficient (Wildman–Crippen LogP) is 5.82. The molecule has 0 fully saturated rings. The average molecular weight is 387 g/mol. The molecule has 4 nitrogen and oxygen atoms in total. The Balaban J connectivity index is 1.97. The largest absolute Gasteiger partial charge is 0.507 e. The molecule has 0 bridgehead atoms. The SMILES string of the molecule is CCCCCCCCCCCC(O)(O)c1cccc(O)c1-c1ccccc1O. The van der Waals surface area contributed by atoms with E-state index in [1.807, 2.05) is 0 Å². The second-order valence-corrected chi connectivity index (χ2v) is 7.61. The number of para-hydroxylation sites is 1. The minimum Gasteiger partial charge on any atom is -0.507 e. The second kappa shape index (κ2) is 11.1. The molecular formula is C24H34O4. The first kappa shape index (κ1) is 22.3. The van der Waals surface area contributed by atoms with Crippen molar-refractivity contribution in [2.24, 2.45) is 0 Å². The number of aliphatic hydroxyl groups is 2. The fourth-order valence-electron chi connectivity index (χ4n) is 3.66. The summed E-state index contributed by atoms with van der Waals surface area (Å²) >= 11 is 0.